The van der Waals surface area contributed by atoms with Gasteiger partial charge in [-0.05, 0) is 35.7 Å². The summed E-state index contributed by atoms with van der Waals surface area (Å²) in [6, 6.07) is 23.1. The van der Waals surface area contributed by atoms with Gasteiger partial charge >= 0.3 is 0 Å². The lowest BCUT2D eigenvalue weighted by molar-refractivity contribution is -0.682. The molecule has 0 fully saturated rings. The van der Waals surface area contributed by atoms with Crippen LogP contribution in [0.3, 0.4) is 0 Å². The third kappa shape index (κ3) is 4.25. The number of quaternary nitrogens is 1. The van der Waals surface area contributed by atoms with Crippen LogP contribution in [0.5, 0.6) is 0 Å². The Morgan fingerprint density at radius 2 is 1.72 bits per heavy atom. The SMILES string of the molecule is Cc1ccccc1CNC(=O)C[NH2+][C@@H](C)c1cccc2ccccc12. The van der Waals surface area contributed by atoms with Crippen LogP contribution < -0.4 is 10.6 Å². The van der Waals surface area contributed by atoms with Crippen LogP contribution in [0.25, 0.3) is 10.8 Å². The highest BCUT2D eigenvalue weighted by atomic mass is 16.1. The van der Waals surface area contributed by atoms with E-state index in [1.54, 1.807) is 0 Å². The predicted molar refractivity (Wildman–Crippen MR) is 102 cm³/mol. The van der Waals surface area contributed by atoms with Gasteiger partial charge in [-0.15, -0.1) is 0 Å². The van der Waals surface area contributed by atoms with E-state index in [0.717, 1.165) is 5.56 Å². The number of aryl methyl sites for hydroxylation is 1. The quantitative estimate of drug-likeness (QED) is 0.715. The third-order valence-corrected chi connectivity index (χ3v) is 4.71. The first kappa shape index (κ1) is 17.2. The van der Waals surface area contributed by atoms with Gasteiger partial charge in [0.05, 0.1) is 0 Å². The van der Waals surface area contributed by atoms with Crippen LogP contribution in [0.1, 0.15) is 29.7 Å². The summed E-state index contributed by atoms with van der Waals surface area (Å²) in [5, 5.41) is 7.60. The van der Waals surface area contributed by atoms with Crippen molar-refractivity contribution in [1.82, 2.24) is 5.32 Å². The van der Waals surface area contributed by atoms with E-state index in [1.807, 2.05) is 12.1 Å². The van der Waals surface area contributed by atoms with Gasteiger partial charge in [-0.25, -0.2) is 0 Å². The minimum absolute atomic E-state index is 0.0651. The lowest BCUT2D eigenvalue weighted by Crippen LogP contribution is -2.87. The molecule has 3 heteroatoms. The van der Waals surface area contributed by atoms with Crippen LogP contribution in [-0.4, -0.2) is 12.5 Å². The molecule has 3 rings (SSSR count). The predicted octanol–water partition coefficient (Wildman–Crippen LogP) is 3.09. The van der Waals surface area contributed by atoms with E-state index >= 15 is 0 Å². The summed E-state index contributed by atoms with van der Waals surface area (Å²) < 4.78 is 0. The maximum absolute atomic E-state index is 12.2. The molecular weight excluding hydrogens is 308 g/mol. The van der Waals surface area contributed by atoms with E-state index in [9.17, 15) is 4.79 Å². The number of fused-ring (bicyclic) bond motifs is 1. The summed E-state index contributed by atoms with van der Waals surface area (Å²) in [6.07, 6.45) is 0. The fraction of sp³-hybridized carbons (Fsp3) is 0.227. The molecule has 0 aliphatic heterocycles. The van der Waals surface area contributed by atoms with Crippen LogP contribution >= 0.6 is 0 Å². The van der Waals surface area contributed by atoms with E-state index < -0.39 is 0 Å². The Bertz CT molecular complexity index is 867. The molecule has 0 saturated heterocycles. The van der Waals surface area contributed by atoms with E-state index in [1.165, 1.54) is 21.9 Å². The second-order valence-corrected chi connectivity index (χ2v) is 6.50. The van der Waals surface area contributed by atoms with Gasteiger partial charge in [0.1, 0.15) is 6.04 Å². The maximum atomic E-state index is 12.2. The van der Waals surface area contributed by atoms with Gasteiger partial charge in [0.25, 0.3) is 5.91 Å². The zero-order valence-electron chi connectivity index (χ0n) is 14.8. The van der Waals surface area contributed by atoms with Gasteiger partial charge < -0.3 is 10.6 Å². The Labute approximate surface area is 149 Å². The van der Waals surface area contributed by atoms with Gasteiger partial charge in [-0.3, -0.25) is 4.79 Å². The summed E-state index contributed by atoms with van der Waals surface area (Å²) in [7, 11) is 0. The molecule has 3 aromatic rings. The molecule has 0 saturated carbocycles. The van der Waals surface area contributed by atoms with Crippen molar-refractivity contribution in [3.05, 3.63) is 83.4 Å². The number of nitrogens with two attached hydrogens (primary N) is 1. The molecule has 1 atom stereocenters. The molecule has 3 aromatic carbocycles. The molecule has 3 N–H and O–H groups in total. The second kappa shape index (κ2) is 7.95. The number of rotatable bonds is 6. The van der Waals surface area contributed by atoms with Crippen LogP contribution in [0.2, 0.25) is 0 Å². The normalized spacial score (nSPS) is 12.1. The fourth-order valence-electron chi connectivity index (χ4n) is 3.13. The Kier molecular flexibility index (Phi) is 5.46. The van der Waals surface area contributed by atoms with Crippen LogP contribution in [0.15, 0.2) is 66.7 Å². The van der Waals surface area contributed by atoms with Crippen molar-refractivity contribution in [2.24, 2.45) is 0 Å². The van der Waals surface area contributed by atoms with Gasteiger partial charge in [0.2, 0.25) is 0 Å². The van der Waals surface area contributed by atoms with E-state index in [4.69, 9.17) is 0 Å². The number of carbonyl (C=O) groups excluding carboxylic acids is 1. The third-order valence-electron chi connectivity index (χ3n) is 4.71. The van der Waals surface area contributed by atoms with Gasteiger partial charge in [0.15, 0.2) is 6.54 Å². The average molecular weight is 333 g/mol. The van der Waals surface area contributed by atoms with Crippen molar-refractivity contribution in [3.8, 4) is 0 Å². The van der Waals surface area contributed by atoms with Crippen LogP contribution in [-0.2, 0) is 11.3 Å². The molecule has 3 nitrogen and oxygen atoms in total. The highest BCUT2D eigenvalue weighted by Gasteiger charge is 2.14. The van der Waals surface area contributed by atoms with E-state index in [0.29, 0.717) is 13.1 Å². The van der Waals surface area contributed by atoms with Crippen molar-refractivity contribution in [1.29, 1.82) is 0 Å². The molecule has 128 valence electrons. The van der Waals surface area contributed by atoms with Crippen molar-refractivity contribution >= 4 is 16.7 Å². The van der Waals surface area contributed by atoms with E-state index in [-0.39, 0.29) is 11.9 Å². The molecule has 25 heavy (non-hydrogen) atoms. The van der Waals surface area contributed by atoms with Gasteiger partial charge in [-0.2, -0.15) is 0 Å². The zero-order valence-corrected chi connectivity index (χ0v) is 14.8. The number of nitrogens with one attached hydrogen (secondary N) is 1. The molecule has 1 amide bonds. The molecule has 0 radical (unpaired) electrons. The standard InChI is InChI=1S/C22H24N2O/c1-16-8-3-4-10-19(16)14-24-22(25)15-23-17(2)20-13-7-11-18-9-5-6-12-21(18)20/h3-13,17,23H,14-15H2,1-2H3,(H,24,25)/p+1/t17-/m0/s1. The Morgan fingerprint density at radius 3 is 2.56 bits per heavy atom. The highest BCUT2D eigenvalue weighted by Crippen LogP contribution is 2.21. The summed E-state index contributed by atoms with van der Waals surface area (Å²) in [6.45, 7) is 5.23. The molecular formula is C22H25N2O+. The van der Waals surface area contributed by atoms with Crippen molar-refractivity contribution in [2.75, 3.05) is 6.54 Å². The topological polar surface area (TPSA) is 45.7 Å². The van der Waals surface area contributed by atoms with Crippen LogP contribution in [0, 0.1) is 6.92 Å². The number of amides is 1. The van der Waals surface area contributed by atoms with Gasteiger partial charge in [-0.1, -0.05) is 66.7 Å². The lowest BCUT2D eigenvalue weighted by atomic mass is 10.00. The van der Waals surface area contributed by atoms with Crippen molar-refractivity contribution in [3.63, 3.8) is 0 Å². The Hall–Kier alpha value is -2.65. The minimum atomic E-state index is 0.0651. The maximum Gasteiger partial charge on any atom is 0.275 e. The fourth-order valence-corrected chi connectivity index (χ4v) is 3.13. The molecule has 0 aromatic heterocycles. The highest BCUT2D eigenvalue weighted by molar-refractivity contribution is 5.86. The molecule has 0 bridgehead atoms. The lowest BCUT2D eigenvalue weighted by Gasteiger charge is -2.14. The van der Waals surface area contributed by atoms with E-state index in [2.05, 4.69) is 79.1 Å². The molecule has 0 aliphatic rings. The Balaban J connectivity index is 1.57. The summed E-state index contributed by atoms with van der Waals surface area (Å²) in [5.74, 6) is 0.0651. The first-order chi connectivity index (χ1) is 12.1. The summed E-state index contributed by atoms with van der Waals surface area (Å²) in [5.41, 5.74) is 3.64. The largest absolute Gasteiger partial charge is 0.347 e. The molecule has 0 heterocycles. The zero-order chi connectivity index (χ0) is 17.6. The van der Waals surface area contributed by atoms with Crippen molar-refractivity contribution in [2.45, 2.75) is 26.4 Å². The second-order valence-electron chi connectivity index (χ2n) is 6.50. The Morgan fingerprint density at radius 1 is 1.00 bits per heavy atom. The molecule has 0 aliphatic carbocycles. The number of hydrogen-bond donors (Lipinski definition) is 2. The van der Waals surface area contributed by atoms with Gasteiger partial charge in [0, 0.05) is 12.1 Å². The smallest absolute Gasteiger partial charge is 0.275 e. The first-order valence-corrected chi connectivity index (χ1v) is 8.77. The monoisotopic (exact) mass is 333 g/mol. The summed E-state index contributed by atoms with van der Waals surface area (Å²) >= 11 is 0. The molecule has 0 unspecified atom stereocenters. The van der Waals surface area contributed by atoms with Crippen LogP contribution in [0.4, 0.5) is 0 Å². The number of benzene rings is 3. The number of hydrogen-bond acceptors (Lipinski definition) is 1. The van der Waals surface area contributed by atoms with Crippen molar-refractivity contribution < 1.29 is 10.1 Å². The molecule has 0 spiro atoms. The minimum Gasteiger partial charge on any atom is -0.347 e. The number of carbonyl (C=O) groups is 1. The average Bonchev–Trinajstić information content (AvgIpc) is 2.65. The summed E-state index contributed by atoms with van der Waals surface area (Å²) in [4.78, 5) is 12.2. The first-order valence-electron chi connectivity index (χ1n) is 8.77.